The largest absolute Gasteiger partial charge is 0.462 e. The Morgan fingerprint density at radius 2 is 0.871 bits per heavy atom. The highest BCUT2D eigenvalue weighted by atomic mass is 16.5. The van der Waals surface area contributed by atoms with Gasteiger partial charge in [-0.1, -0.05) is 235 Å². The zero-order valence-corrected chi connectivity index (χ0v) is 40.7. The Kier molecular flexibility index (Phi) is 47.2. The third kappa shape index (κ3) is 43.9. The number of hydrogen-bond acceptors (Lipinski definition) is 5. The predicted octanol–water partition coefficient (Wildman–Crippen LogP) is 15.8. The van der Waals surface area contributed by atoms with Crippen LogP contribution in [-0.4, -0.2) is 46.9 Å². The van der Waals surface area contributed by atoms with E-state index in [4.69, 9.17) is 4.74 Å². The summed E-state index contributed by atoms with van der Waals surface area (Å²) in [7, 11) is 0. The minimum absolute atomic E-state index is 0.0440. The van der Waals surface area contributed by atoms with Gasteiger partial charge in [-0.2, -0.15) is 0 Å². The van der Waals surface area contributed by atoms with Crippen LogP contribution in [0.25, 0.3) is 0 Å². The molecule has 0 aliphatic rings. The Hall–Kier alpha value is -2.70. The summed E-state index contributed by atoms with van der Waals surface area (Å²) in [5, 5.41) is 23.8. The zero-order valence-electron chi connectivity index (χ0n) is 40.7. The molecule has 0 saturated heterocycles. The highest BCUT2D eigenvalue weighted by Crippen LogP contribution is 2.17. The molecule has 0 rings (SSSR count). The summed E-state index contributed by atoms with van der Waals surface area (Å²) >= 11 is 0. The van der Waals surface area contributed by atoms with E-state index in [9.17, 15) is 19.8 Å². The fourth-order valence-corrected chi connectivity index (χ4v) is 7.63. The van der Waals surface area contributed by atoms with Crippen molar-refractivity contribution in [2.24, 2.45) is 0 Å². The minimum atomic E-state index is -0.803. The lowest BCUT2D eigenvalue weighted by Crippen LogP contribution is -2.46. The third-order valence-corrected chi connectivity index (χ3v) is 11.6. The molecule has 62 heavy (non-hydrogen) atoms. The second kappa shape index (κ2) is 49.3. The first-order valence-corrected chi connectivity index (χ1v) is 26.2. The Morgan fingerprint density at radius 1 is 0.468 bits per heavy atom. The van der Waals surface area contributed by atoms with Gasteiger partial charge in [0.15, 0.2) is 0 Å². The number of rotatable bonds is 46. The number of nitrogens with one attached hydrogen (secondary N) is 1. The van der Waals surface area contributed by atoms with Gasteiger partial charge in [0, 0.05) is 6.42 Å². The van der Waals surface area contributed by atoms with Crippen LogP contribution < -0.4 is 5.32 Å². The van der Waals surface area contributed by atoms with Crippen LogP contribution >= 0.6 is 0 Å². The van der Waals surface area contributed by atoms with Gasteiger partial charge in [0.25, 0.3) is 0 Å². The zero-order chi connectivity index (χ0) is 45.2. The average molecular weight is 866 g/mol. The normalized spacial score (nSPS) is 13.8. The highest BCUT2D eigenvalue weighted by Gasteiger charge is 2.24. The van der Waals surface area contributed by atoms with Gasteiger partial charge in [0.05, 0.1) is 25.2 Å². The van der Waals surface area contributed by atoms with Crippen LogP contribution in [0.4, 0.5) is 0 Å². The summed E-state index contributed by atoms with van der Waals surface area (Å²) in [6.07, 6.45) is 62.4. The average Bonchev–Trinajstić information content (AvgIpc) is 3.26. The standard InChI is InChI=1S/C56H99NO5/c1-4-7-10-13-16-19-22-25-27-29-30-32-35-38-41-44-47-52(62-56(61)49-46-43-40-37-34-24-21-18-15-12-9-6-3)50-55(60)57-53(51-58)54(59)48-45-42-39-36-33-31-28-26-23-20-17-14-11-8-5-2/h10,13,16,18-19,21-22,25,27,29-30,32,52-54,58-59H,4-9,11-12,14-15,17,20,23-24,26,28,31,33-51H2,1-3H3,(H,57,60)/b13-10+,19-16+,21-18-,25-22+,29-27+,32-30+. The number of carbonyl (C=O) groups is 2. The fraction of sp³-hybridized carbons (Fsp3) is 0.750. The lowest BCUT2D eigenvalue weighted by molar-refractivity contribution is -0.151. The molecule has 0 aliphatic carbocycles. The van der Waals surface area contributed by atoms with Crippen molar-refractivity contribution in [3.63, 3.8) is 0 Å². The van der Waals surface area contributed by atoms with Gasteiger partial charge in [-0.05, 0) is 70.6 Å². The molecule has 6 heteroatoms. The SMILES string of the molecule is CCC/C=C/C=C/C=C/C=C/C=C/CCCCCC(CC(=O)NC(CO)C(O)CCCCCCCCCCCCCCCCC)OC(=O)CCCCCCC/C=C\CCCCC. The van der Waals surface area contributed by atoms with Gasteiger partial charge in [-0.15, -0.1) is 0 Å². The van der Waals surface area contributed by atoms with E-state index >= 15 is 0 Å². The smallest absolute Gasteiger partial charge is 0.306 e. The van der Waals surface area contributed by atoms with Crippen LogP contribution in [0.3, 0.4) is 0 Å². The molecule has 0 heterocycles. The van der Waals surface area contributed by atoms with E-state index in [0.717, 1.165) is 77.0 Å². The number of ether oxygens (including phenoxy) is 1. The maximum atomic E-state index is 13.2. The van der Waals surface area contributed by atoms with Crippen molar-refractivity contribution in [1.82, 2.24) is 5.32 Å². The molecule has 3 N–H and O–H groups in total. The van der Waals surface area contributed by atoms with Crippen molar-refractivity contribution < 1.29 is 24.5 Å². The molecule has 0 aromatic heterocycles. The van der Waals surface area contributed by atoms with E-state index in [-0.39, 0.29) is 24.9 Å². The number of esters is 1. The molecular formula is C56H99NO5. The molecule has 0 radical (unpaired) electrons. The molecule has 0 saturated carbocycles. The number of unbranched alkanes of at least 4 members (excludes halogenated alkanes) is 26. The maximum absolute atomic E-state index is 13.2. The van der Waals surface area contributed by atoms with Crippen LogP contribution in [0.15, 0.2) is 72.9 Å². The third-order valence-electron chi connectivity index (χ3n) is 11.6. The molecule has 0 fully saturated rings. The van der Waals surface area contributed by atoms with Crippen molar-refractivity contribution in [2.75, 3.05) is 6.61 Å². The lowest BCUT2D eigenvalue weighted by atomic mass is 10.0. The van der Waals surface area contributed by atoms with E-state index in [2.05, 4.69) is 62.5 Å². The molecule has 0 bridgehead atoms. The van der Waals surface area contributed by atoms with Gasteiger partial charge in [0.1, 0.15) is 6.10 Å². The van der Waals surface area contributed by atoms with Gasteiger partial charge in [0.2, 0.25) is 5.91 Å². The number of allylic oxidation sites excluding steroid dienone is 12. The Bertz CT molecular complexity index is 1150. The van der Waals surface area contributed by atoms with E-state index in [1.165, 1.54) is 122 Å². The number of hydrogen-bond donors (Lipinski definition) is 3. The summed E-state index contributed by atoms with van der Waals surface area (Å²) in [4.78, 5) is 26.1. The molecule has 6 nitrogen and oxygen atoms in total. The van der Waals surface area contributed by atoms with E-state index in [0.29, 0.717) is 19.3 Å². The predicted molar refractivity (Wildman–Crippen MR) is 268 cm³/mol. The fourth-order valence-electron chi connectivity index (χ4n) is 7.63. The first-order chi connectivity index (χ1) is 30.5. The van der Waals surface area contributed by atoms with Gasteiger partial charge in [-0.3, -0.25) is 9.59 Å². The van der Waals surface area contributed by atoms with Crippen LogP contribution in [0.2, 0.25) is 0 Å². The van der Waals surface area contributed by atoms with Crippen LogP contribution in [0, 0.1) is 0 Å². The highest BCUT2D eigenvalue weighted by molar-refractivity contribution is 5.77. The summed E-state index contributed by atoms with van der Waals surface area (Å²) in [6.45, 7) is 6.36. The lowest BCUT2D eigenvalue weighted by Gasteiger charge is -2.24. The Balaban J connectivity index is 4.67. The monoisotopic (exact) mass is 866 g/mol. The van der Waals surface area contributed by atoms with Crippen molar-refractivity contribution in [3.8, 4) is 0 Å². The second-order valence-electron chi connectivity index (χ2n) is 17.7. The molecule has 0 aliphatic heterocycles. The van der Waals surface area contributed by atoms with Gasteiger partial charge in [-0.25, -0.2) is 0 Å². The first-order valence-electron chi connectivity index (χ1n) is 26.2. The van der Waals surface area contributed by atoms with Crippen molar-refractivity contribution in [3.05, 3.63) is 72.9 Å². The molecule has 3 unspecified atom stereocenters. The van der Waals surface area contributed by atoms with Gasteiger partial charge < -0.3 is 20.3 Å². The first kappa shape index (κ1) is 59.3. The summed E-state index contributed by atoms with van der Waals surface area (Å²) < 4.78 is 5.91. The molecule has 0 aromatic carbocycles. The van der Waals surface area contributed by atoms with Crippen LogP contribution in [-0.2, 0) is 14.3 Å². The van der Waals surface area contributed by atoms with E-state index in [1.807, 2.05) is 36.5 Å². The van der Waals surface area contributed by atoms with Crippen molar-refractivity contribution in [2.45, 2.75) is 264 Å². The Labute approximate surface area is 383 Å². The molecule has 0 spiro atoms. The van der Waals surface area contributed by atoms with Crippen LogP contribution in [0.5, 0.6) is 0 Å². The number of aliphatic hydroxyl groups excluding tert-OH is 2. The summed E-state index contributed by atoms with van der Waals surface area (Å²) in [5.41, 5.74) is 0. The quantitative estimate of drug-likeness (QED) is 0.0245. The molecule has 3 atom stereocenters. The molecular weight excluding hydrogens is 767 g/mol. The van der Waals surface area contributed by atoms with Crippen LogP contribution in [0.1, 0.15) is 245 Å². The number of aliphatic hydroxyl groups is 2. The topological polar surface area (TPSA) is 95.9 Å². The van der Waals surface area contributed by atoms with Crippen molar-refractivity contribution >= 4 is 11.9 Å². The van der Waals surface area contributed by atoms with Crippen molar-refractivity contribution in [1.29, 1.82) is 0 Å². The van der Waals surface area contributed by atoms with E-state index < -0.39 is 18.2 Å². The molecule has 358 valence electrons. The number of carbonyl (C=O) groups excluding carboxylic acids is 2. The number of amides is 1. The maximum Gasteiger partial charge on any atom is 0.306 e. The summed E-state index contributed by atoms with van der Waals surface area (Å²) in [5.74, 6) is -0.527. The summed E-state index contributed by atoms with van der Waals surface area (Å²) in [6, 6.07) is -0.720. The molecule has 0 aromatic rings. The second-order valence-corrected chi connectivity index (χ2v) is 17.7. The van der Waals surface area contributed by atoms with Gasteiger partial charge >= 0.3 is 5.97 Å². The Morgan fingerprint density at radius 3 is 1.40 bits per heavy atom. The van der Waals surface area contributed by atoms with E-state index in [1.54, 1.807) is 0 Å². The molecule has 1 amide bonds. The minimum Gasteiger partial charge on any atom is -0.462 e.